The van der Waals surface area contributed by atoms with Crippen molar-refractivity contribution in [3.05, 3.63) is 30.1 Å². The topological polar surface area (TPSA) is 60.5 Å². The van der Waals surface area contributed by atoms with E-state index < -0.39 is 0 Å². The minimum absolute atomic E-state index is 0.0979. The van der Waals surface area contributed by atoms with E-state index in [4.69, 9.17) is 9.47 Å². The molecule has 0 aromatic carbocycles. The van der Waals surface area contributed by atoms with Gasteiger partial charge in [0.2, 0.25) is 0 Å². The molecule has 1 N–H and O–H groups in total. The molecule has 1 aromatic rings. The Kier molecular flexibility index (Phi) is 3.98. The monoisotopic (exact) mass is 276 g/mol. The number of carbonyl (C=O) groups excluding carboxylic acids is 1. The molecule has 0 unspecified atom stereocenters. The van der Waals surface area contributed by atoms with E-state index in [1.165, 1.54) is 0 Å². The van der Waals surface area contributed by atoms with Crippen LogP contribution in [-0.2, 0) is 9.47 Å². The molecule has 1 amide bonds. The van der Waals surface area contributed by atoms with E-state index >= 15 is 0 Å². The zero-order valence-electron chi connectivity index (χ0n) is 11.5. The van der Waals surface area contributed by atoms with Gasteiger partial charge in [-0.25, -0.2) is 0 Å². The zero-order valence-corrected chi connectivity index (χ0v) is 11.5. The summed E-state index contributed by atoms with van der Waals surface area (Å²) in [6, 6.07) is 5.35. The molecule has 1 aliphatic heterocycles. The molecule has 20 heavy (non-hydrogen) atoms. The molecule has 5 heteroatoms. The second-order valence-corrected chi connectivity index (χ2v) is 5.48. The quantitative estimate of drug-likeness (QED) is 0.913. The first-order valence-corrected chi connectivity index (χ1v) is 7.25. The Bertz CT molecular complexity index is 447. The number of nitrogens with zero attached hydrogens (tertiary/aromatic N) is 1. The molecule has 1 saturated carbocycles. The molecule has 0 bridgehead atoms. The molecule has 3 rings (SSSR count). The molecule has 2 fully saturated rings. The molecule has 1 saturated heterocycles. The minimum atomic E-state index is -0.318. The van der Waals surface area contributed by atoms with Crippen LogP contribution in [0.2, 0.25) is 0 Å². The minimum Gasteiger partial charge on any atom is -0.350 e. The Hall–Kier alpha value is -1.46. The van der Waals surface area contributed by atoms with E-state index in [0.29, 0.717) is 31.4 Å². The maximum atomic E-state index is 11.9. The third-order valence-electron chi connectivity index (χ3n) is 4.13. The number of hydrogen-bond acceptors (Lipinski definition) is 4. The van der Waals surface area contributed by atoms with Crippen molar-refractivity contribution >= 4 is 5.91 Å². The highest BCUT2D eigenvalue weighted by atomic mass is 16.7. The van der Waals surface area contributed by atoms with Crippen molar-refractivity contribution < 1.29 is 14.3 Å². The summed E-state index contributed by atoms with van der Waals surface area (Å²) in [4.78, 5) is 16.0. The van der Waals surface area contributed by atoms with Gasteiger partial charge in [-0.15, -0.1) is 0 Å². The first kappa shape index (κ1) is 13.5. The average Bonchev–Trinajstić information content (AvgIpc) is 2.96. The van der Waals surface area contributed by atoms with Gasteiger partial charge in [-0.3, -0.25) is 9.78 Å². The van der Waals surface area contributed by atoms with Crippen LogP contribution in [0.5, 0.6) is 0 Å². The van der Waals surface area contributed by atoms with E-state index in [1.807, 2.05) is 6.07 Å². The smallest absolute Gasteiger partial charge is 0.269 e. The van der Waals surface area contributed by atoms with Crippen molar-refractivity contribution in [2.45, 2.75) is 31.5 Å². The van der Waals surface area contributed by atoms with E-state index in [1.54, 1.807) is 18.3 Å². The lowest BCUT2D eigenvalue weighted by Gasteiger charge is -2.35. The Morgan fingerprint density at radius 1 is 1.30 bits per heavy atom. The van der Waals surface area contributed by atoms with Crippen LogP contribution >= 0.6 is 0 Å². The van der Waals surface area contributed by atoms with Gasteiger partial charge in [0.1, 0.15) is 5.69 Å². The highest BCUT2D eigenvalue weighted by molar-refractivity contribution is 5.92. The number of hydrogen-bond donors (Lipinski definition) is 1. The molecular weight excluding hydrogens is 256 g/mol. The summed E-state index contributed by atoms with van der Waals surface area (Å²) in [6.45, 7) is 2.12. The maximum Gasteiger partial charge on any atom is 0.269 e. The number of ether oxygens (including phenoxy) is 2. The predicted molar refractivity (Wildman–Crippen MR) is 73.2 cm³/mol. The summed E-state index contributed by atoms with van der Waals surface area (Å²) < 4.78 is 11.4. The fourth-order valence-electron chi connectivity index (χ4n) is 2.93. The Labute approximate surface area is 118 Å². The fraction of sp³-hybridized carbons (Fsp3) is 0.600. The highest BCUT2D eigenvalue weighted by Gasteiger charge is 2.40. The molecule has 2 heterocycles. The summed E-state index contributed by atoms with van der Waals surface area (Å²) in [5.41, 5.74) is 0.474. The Morgan fingerprint density at radius 2 is 2.05 bits per heavy atom. The van der Waals surface area contributed by atoms with E-state index in [9.17, 15) is 4.79 Å². The van der Waals surface area contributed by atoms with E-state index in [0.717, 1.165) is 25.7 Å². The van der Waals surface area contributed by atoms with Crippen molar-refractivity contribution in [2.24, 2.45) is 5.92 Å². The predicted octanol–water partition coefficient (Wildman–Crippen LogP) is 1.74. The van der Waals surface area contributed by atoms with Crippen LogP contribution in [-0.4, -0.2) is 36.4 Å². The Balaban J connectivity index is 1.45. The first-order valence-electron chi connectivity index (χ1n) is 7.25. The zero-order chi connectivity index (χ0) is 13.8. The SMILES string of the molecule is O=C(NCC1CCC2(CC1)OCCO2)c1ccccn1. The van der Waals surface area contributed by atoms with Crippen molar-refractivity contribution in [1.82, 2.24) is 10.3 Å². The van der Waals surface area contributed by atoms with Crippen molar-refractivity contribution in [1.29, 1.82) is 0 Å². The van der Waals surface area contributed by atoms with Gasteiger partial charge in [0, 0.05) is 25.6 Å². The molecular formula is C15H20N2O3. The second-order valence-electron chi connectivity index (χ2n) is 5.48. The average molecular weight is 276 g/mol. The maximum absolute atomic E-state index is 11.9. The number of carbonyl (C=O) groups is 1. The highest BCUT2D eigenvalue weighted by Crippen LogP contribution is 2.37. The summed E-state index contributed by atoms with van der Waals surface area (Å²) in [5.74, 6) is 0.0851. The van der Waals surface area contributed by atoms with E-state index in [-0.39, 0.29) is 11.7 Å². The van der Waals surface area contributed by atoms with Gasteiger partial charge >= 0.3 is 0 Å². The fourth-order valence-corrected chi connectivity index (χ4v) is 2.93. The van der Waals surface area contributed by atoms with Crippen molar-refractivity contribution in [3.8, 4) is 0 Å². The summed E-state index contributed by atoms with van der Waals surface area (Å²) in [7, 11) is 0. The van der Waals surface area contributed by atoms with Gasteiger partial charge in [-0.05, 0) is 30.9 Å². The van der Waals surface area contributed by atoms with Crippen molar-refractivity contribution in [3.63, 3.8) is 0 Å². The third-order valence-corrected chi connectivity index (χ3v) is 4.13. The number of pyridine rings is 1. The summed E-state index contributed by atoms with van der Waals surface area (Å²) >= 11 is 0. The molecule has 108 valence electrons. The molecule has 5 nitrogen and oxygen atoms in total. The van der Waals surface area contributed by atoms with Crippen LogP contribution in [0.25, 0.3) is 0 Å². The number of nitrogens with one attached hydrogen (secondary N) is 1. The van der Waals surface area contributed by atoms with Gasteiger partial charge in [0.05, 0.1) is 13.2 Å². The number of aromatic nitrogens is 1. The van der Waals surface area contributed by atoms with Crippen LogP contribution in [0.3, 0.4) is 0 Å². The van der Waals surface area contributed by atoms with Crippen LogP contribution in [0.15, 0.2) is 24.4 Å². The Morgan fingerprint density at radius 3 is 2.70 bits per heavy atom. The number of rotatable bonds is 3. The van der Waals surface area contributed by atoms with Gasteiger partial charge in [-0.1, -0.05) is 6.07 Å². The standard InChI is InChI=1S/C15H20N2O3/c18-14(13-3-1-2-8-16-13)17-11-12-4-6-15(7-5-12)19-9-10-20-15/h1-3,8,12H,4-7,9-11H2,(H,17,18). The second kappa shape index (κ2) is 5.89. The van der Waals surface area contributed by atoms with Gasteiger partial charge in [0.15, 0.2) is 5.79 Å². The molecule has 1 spiro atoms. The summed E-state index contributed by atoms with van der Waals surface area (Å²) in [6.07, 6.45) is 5.55. The van der Waals surface area contributed by atoms with Crippen LogP contribution in [0.4, 0.5) is 0 Å². The van der Waals surface area contributed by atoms with E-state index in [2.05, 4.69) is 10.3 Å². The lowest BCUT2D eigenvalue weighted by atomic mass is 9.85. The lowest BCUT2D eigenvalue weighted by molar-refractivity contribution is -0.182. The van der Waals surface area contributed by atoms with Crippen molar-refractivity contribution in [2.75, 3.05) is 19.8 Å². The summed E-state index contributed by atoms with van der Waals surface area (Å²) in [5, 5.41) is 2.96. The molecule has 1 aromatic heterocycles. The van der Waals surface area contributed by atoms with Crippen LogP contribution < -0.4 is 5.32 Å². The molecule has 0 atom stereocenters. The van der Waals surface area contributed by atoms with Gasteiger partial charge < -0.3 is 14.8 Å². The molecule has 2 aliphatic rings. The normalized spacial score (nSPS) is 22.0. The van der Waals surface area contributed by atoms with Gasteiger partial charge in [0.25, 0.3) is 5.91 Å². The van der Waals surface area contributed by atoms with Gasteiger partial charge in [-0.2, -0.15) is 0 Å². The third kappa shape index (κ3) is 2.99. The number of amides is 1. The molecule has 1 aliphatic carbocycles. The first-order chi connectivity index (χ1) is 9.77. The van der Waals surface area contributed by atoms with Crippen LogP contribution in [0, 0.1) is 5.92 Å². The largest absolute Gasteiger partial charge is 0.350 e. The molecule has 0 radical (unpaired) electrons. The van der Waals surface area contributed by atoms with Crippen LogP contribution in [0.1, 0.15) is 36.2 Å². The lowest BCUT2D eigenvalue weighted by Crippen LogP contribution is -2.38.